The lowest BCUT2D eigenvalue weighted by atomic mass is 9.81. The van der Waals surface area contributed by atoms with Gasteiger partial charge in [-0.25, -0.2) is 0 Å². The van der Waals surface area contributed by atoms with E-state index >= 15 is 0 Å². The minimum atomic E-state index is -4.85. The third kappa shape index (κ3) is 3.06. The Bertz CT molecular complexity index is 289. The van der Waals surface area contributed by atoms with E-state index in [4.69, 9.17) is 5.11 Å². The summed E-state index contributed by atoms with van der Waals surface area (Å²) in [6.07, 6.45) is 1.58. The van der Waals surface area contributed by atoms with Crippen LogP contribution < -0.4 is 0 Å². The van der Waals surface area contributed by atoms with E-state index in [1.165, 1.54) is 18.5 Å². The van der Waals surface area contributed by atoms with Gasteiger partial charge < -0.3 is 18.1 Å². The Kier molecular flexibility index (Phi) is 2.92. The predicted molar refractivity (Wildman–Crippen MR) is 42.9 cm³/mol. The third-order valence-electron chi connectivity index (χ3n) is 1.63. The van der Waals surface area contributed by atoms with Crippen molar-refractivity contribution >= 4 is 6.98 Å². The van der Waals surface area contributed by atoms with Crippen molar-refractivity contribution in [2.45, 2.75) is 12.9 Å². The summed E-state index contributed by atoms with van der Waals surface area (Å²) in [5, 5.41) is 8.71. The van der Waals surface area contributed by atoms with Crippen LogP contribution in [0.3, 0.4) is 0 Å². The molecule has 1 aromatic rings. The summed E-state index contributed by atoms with van der Waals surface area (Å²) in [7, 11) is 0. The zero-order valence-electron chi connectivity index (χ0n) is 6.75. The monoisotopic (exact) mass is 190 g/mol. The fourth-order valence-corrected chi connectivity index (χ4v) is 1.05. The summed E-state index contributed by atoms with van der Waals surface area (Å²) < 4.78 is 36.1. The second-order valence-corrected chi connectivity index (χ2v) is 2.72. The van der Waals surface area contributed by atoms with Crippen LogP contribution in [0, 0.1) is 0 Å². The van der Waals surface area contributed by atoms with Crippen LogP contribution >= 0.6 is 0 Å². The molecule has 0 atom stereocenters. The molecule has 1 N–H and O–H groups in total. The molecule has 0 saturated carbocycles. The van der Waals surface area contributed by atoms with Crippen LogP contribution in [0.5, 0.6) is 0 Å². The van der Waals surface area contributed by atoms with Gasteiger partial charge in [-0.1, -0.05) is 11.9 Å². The summed E-state index contributed by atoms with van der Waals surface area (Å²) in [6.45, 7) is -5.26. The van der Waals surface area contributed by atoms with Gasteiger partial charge >= 0.3 is 6.98 Å². The number of aromatic nitrogens is 1. The van der Waals surface area contributed by atoms with E-state index in [2.05, 4.69) is 4.98 Å². The zero-order chi connectivity index (χ0) is 9.90. The van der Waals surface area contributed by atoms with Crippen molar-refractivity contribution in [3.05, 3.63) is 29.6 Å². The standard InChI is InChI=1S/C7H8BF3NO/c9-8(10,11)3-6-1-2-12-4-7(6)5-13/h1-2,4,13H,3,5H2/q-1. The van der Waals surface area contributed by atoms with E-state index in [1.54, 1.807) is 0 Å². The topological polar surface area (TPSA) is 33.1 Å². The second kappa shape index (κ2) is 3.78. The van der Waals surface area contributed by atoms with Crippen molar-refractivity contribution in [1.82, 2.24) is 4.98 Å². The van der Waals surface area contributed by atoms with Gasteiger partial charge in [0.15, 0.2) is 0 Å². The lowest BCUT2D eigenvalue weighted by Crippen LogP contribution is -2.20. The van der Waals surface area contributed by atoms with E-state index < -0.39 is 19.9 Å². The van der Waals surface area contributed by atoms with Crippen LogP contribution in [-0.4, -0.2) is 17.1 Å². The molecule has 2 nitrogen and oxygen atoms in total. The number of nitrogens with zero attached hydrogens (tertiary/aromatic N) is 1. The molecule has 0 amide bonds. The van der Waals surface area contributed by atoms with Crippen LogP contribution in [0.1, 0.15) is 11.1 Å². The molecule has 6 heteroatoms. The van der Waals surface area contributed by atoms with Crippen molar-refractivity contribution in [1.29, 1.82) is 0 Å². The first kappa shape index (κ1) is 10.0. The summed E-state index contributed by atoms with van der Waals surface area (Å²) >= 11 is 0. The molecule has 1 heterocycles. The molecular formula is C7H8BF3NO-. The summed E-state index contributed by atoms with van der Waals surface area (Å²) in [4.78, 5) is 3.63. The summed E-state index contributed by atoms with van der Waals surface area (Å²) in [5.41, 5.74) is 0.340. The van der Waals surface area contributed by atoms with Crippen LogP contribution in [-0.2, 0) is 12.9 Å². The molecule has 1 aromatic heterocycles. The number of halogens is 3. The molecule has 0 radical (unpaired) electrons. The maximum absolute atomic E-state index is 12.0. The molecule has 0 fully saturated rings. The average Bonchev–Trinajstić information content (AvgIpc) is 2.02. The van der Waals surface area contributed by atoms with Gasteiger partial charge in [0.2, 0.25) is 0 Å². The molecule has 1 rings (SSSR count). The molecule has 0 aliphatic rings. The maximum Gasteiger partial charge on any atom is 0.482 e. The van der Waals surface area contributed by atoms with Crippen LogP contribution in [0.2, 0.25) is 0 Å². The fourth-order valence-electron chi connectivity index (χ4n) is 1.05. The highest BCUT2D eigenvalue weighted by Gasteiger charge is 2.24. The third-order valence-corrected chi connectivity index (χ3v) is 1.63. The van der Waals surface area contributed by atoms with Crippen LogP contribution in [0.15, 0.2) is 18.5 Å². The smallest absolute Gasteiger partial charge is 0.449 e. The molecule has 0 aliphatic heterocycles. The van der Waals surface area contributed by atoms with Crippen molar-refractivity contribution in [3.63, 3.8) is 0 Å². The fraction of sp³-hybridized carbons (Fsp3) is 0.286. The Morgan fingerprint density at radius 3 is 2.54 bits per heavy atom. The Hall–Kier alpha value is -1.04. The zero-order valence-corrected chi connectivity index (χ0v) is 6.75. The van der Waals surface area contributed by atoms with E-state index in [0.717, 1.165) is 0 Å². The Morgan fingerprint density at radius 2 is 2.00 bits per heavy atom. The number of aliphatic hydroxyl groups excluding tert-OH is 1. The van der Waals surface area contributed by atoms with Gasteiger partial charge in [-0.15, -0.1) is 0 Å². The number of aliphatic hydroxyl groups is 1. The van der Waals surface area contributed by atoms with Crippen molar-refractivity contribution in [2.24, 2.45) is 0 Å². The van der Waals surface area contributed by atoms with E-state index in [9.17, 15) is 12.9 Å². The SMILES string of the molecule is OCc1cnccc1C[B-](F)(F)F. The predicted octanol–water partition coefficient (Wildman–Crippen LogP) is 1.50. The van der Waals surface area contributed by atoms with E-state index in [-0.39, 0.29) is 11.1 Å². The lowest BCUT2D eigenvalue weighted by molar-refractivity contribution is 0.280. The molecule has 0 saturated heterocycles. The molecular weight excluding hydrogens is 182 g/mol. The molecule has 0 aliphatic carbocycles. The number of pyridine rings is 1. The molecule has 72 valence electrons. The lowest BCUT2D eigenvalue weighted by Gasteiger charge is -2.15. The Balaban J connectivity index is 2.87. The Labute approximate surface area is 73.5 Å². The summed E-state index contributed by atoms with van der Waals surface area (Å²) in [6, 6.07) is 1.28. The highest BCUT2D eigenvalue weighted by molar-refractivity contribution is 6.57. The van der Waals surface area contributed by atoms with Gasteiger partial charge in [-0.05, 0) is 11.6 Å². The van der Waals surface area contributed by atoms with Gasteiger partial charge in [0.1, 0.15) is 0 Å². The van der Waals surface area contributed by atoms with E-state index in [1.807, 2.05) is 0 Å². The maximum atomic E-state index is 12.0. The first-order chi connectivity index (χ1) is 6.03. The molecule has 0 unspecified atom stereocenters. The molecule has 0 spiro atoms. The highest BCUT2D eigenvalue weighted by Crippen LogP contribution is 2.18. The average molecular weight is 190 g/mol. The highest BCUT2D eigenvalue weighted by atomic mass is 19.4. The van der Waals surface area contributed by atoms with Crippen molar-refractivity contribution < 1.29 is 18.1 Å². The van der Waals surface area contributed by atoms with E-state index in [0.29, 0.717) is 0 Å². The second-order valence-electron chi connectivity index (χ2n) is 2.72. The van der Waals surface area contributed by atoms with Gasteiger partial charge in [-0.2, -0.15) is 0 Å². The minimum Gasteiger partial charge on any atom is -0.449 e. The van der Waals surface area contributed by atoms with Crippen molar-refractivity contribution in [2.75, 3.05) is 0 Å². The quantitative estimate of drug-likeness (QED) is 0.732. The normalized spacial score (nSPS) is 11.7. The van der Waals surface area contributed by atoms with Gasteiger partial charge in [0, 0.05) is 12.4 Å². The number of hydrogen-bond donors (Lipinski definition) is 1. The number of hydrogen-bond acceptors (Lipinski definition) is 2. The summed E-state index contributed by atoms with van der Waals surface area (Å²) in [5.74, 6) is 0. The van der Waals surface area contributed by atoms with Gasteiger partial charge in [0.05, 0.1) is 6.61 Å². The first-order valence-electron chi connectivity index (χ1n) is 3.76. The molecule has 0 aromatic carbocycles. The minimum absolute atomic E-state index is 0.102. The first-order valence-corrected chi connectivity index (χ1v) is 3.76. The van der Waals surface area contributed by atoms with Gasteiger partial charge in [-0.3, -0.25) is 4.98 Å². The van der Waals surface area contributed by atoms with Crippen molar-refractivity contribution in [3.8, 4) is 0 Å². The largest absolute Gasteiger partial charge is 0.482 e. The molecule has 13 heavy (non-hydrogen) atoms. The number of rotatable bonds is 3. The molecule has 0 bridgehead atoms. The van der Waals surface area contributed by atoms with Crippen LogP contribution in [0.4, 0.5) is 12.9 Å². The van der Waals surface area contributed by atoms with Gasteiger partial charge in [0.25, 0.3) is 0 Å². The Morgan fingerprint density at radius 1 is 1.31 bits per heavy atom. The van der Waals surface area contributed by atoms with Crippen LogP contribution in [0.25, 0.3) is 0 Å².